The quantitative estimate of drug-likeness (QED) is 0.613. The monoisotopic (exact) mass is 151 g/mol. The second kappa shape index (κ2) is 2.30. The van der Waals surface area contributed by atoms with Gasteiger partial charge < -0.3 is 0 Å². The lowest BCUT2D eigenvalue weighted by molar-refractivity contribution is 0.476. The van der Waals surface area contributed by atoms with E-state index in [4.69, 9.17) is 0 Å². The van der Waals surface area contributed by atoms with Crippen molar-refractivity contribution in [1.82, 2.24) is 14.4 Å². The van der Waals surface area contributed by atoms with Crippen molar-refractivity contribution in [2.45, 2.75) is 6.67 Å². The maximum atomic E-state index is 12.1. The Morgan fingerprint density at radius 1 is 1.55 bits per heavy atom. The van der Waals surface area contributed by atoms with E-state index in [9.17, 15) is 4.39 Å². The molecule has 2 heterocycles. The number of alkyl halides is 1. The van der Waals surface area contributed by atoms with Crippen LogP contribution in [-0.4, -0.2) is 14.4 Å². The van der Waals surface area contributed by atoms with Crippen LogP contribution in [0.15, 0.2) is 24.8 Å². The molecule has 0 aromatic carbocycles. The van der Waals surface area contributed by atoms with Crippen molar-refractivity contribution < 1.29 is 4.39 Å². The summed E-state index contributed by atoms with van der Waals surface area (Å²) in [4.78, 5) is 7.83. The third-order valence-electron chi connectivity index (χ3n) is 1.47. The number of fused-ring (bicyclic) bond motifs is 1. The summed E-state index contributed by atoms with van der Waals surface area (Å²) >= 11 is 0. The molecule has 0 fully saturated rings. The number of rotatable bonds is 1. The van der Waals surface area contributed by atoms with E-state index in [1.54, 1.807) is 29.2 Å². The molecule has 11 heavy (non-hydrogen) atoms. The molecule has 0 aliphatic carbocycles. The maximum Gasteiger partial charge on any atom is 0.156 e. The van der Waals surface area contributed by atoms with E-state index in [1.165, 1.54) is 0 Å². The summed E-state index contributed by atoms with van der Waals surface area (Å²) in [7, 11) is 0. The van der Waals surface area contributed by atoms with Crippen LogP contribution >= 0.6 is 0 Å². The van der Waals surface area contributed by atoms with Crippen LogP contribution < -0.4 is 0 Å². The van der Waals surface area contributed by atoms with Crippen molar-refractivity contribution in [3.63, 3.8) is 0 Å². The molecule has 0 bridgehead atoms. The van der Waals surface area contributed by atoms with Crippen molar-refractivity contribution in [1.29, 1.82) is 0 Å². The zero-order valence-corrected chi connectivity index (χ0v) is 5.74. The third kappa shape index (κ3) is 0.960. The van der Waals surface area contributed by atoms with Crippen LogP contribution in [0.1, 0.15) is 5.69 Å². The van der Waals surface area contributed by atoms with Gasteiger partial charge in [-0.05, 0) is 6.07 Å². The summed E-state index contributed by atoms with van der Waals surface area (Å²) in [6, 6.07) is 1.63. The van der Waals surface area contributed by atoms with Crippen LogP contribution in [0.2, 0.25) is 0 Å². The van der Waals surface area contributed by atoms with Gasteiger partial charge in [0.25, 0.3) is 0 Å². The third-order valence-corrected chi connectivity index (χ3v) is 1.47. The lowest BCUT2D eigenvalue weighted by Gasteiger charge is -1.93. The van der Waals surface area contributed by atoms with Gasteiger partial charge in [-0.1, -0.05) is 0 Å². The topological polar surface area (TPSA) is 30.2 Å². The molecule has 4 heteroatoms. The molecule has 0 amide bonds. The molecule has 0 unspecified atom stereocenters. The summed E-state index contributed by atoms with van der Waals surface area (Å²) in [6.07, 6.45) is 4.97. The molecule has 0 saturated carbocycles. The molecule has 0 aliphatic rings. The summed E-state index contributed by atoms with van der Waals surface area (Å²) in [6.45, 7) is -0.526. The average Bonchev–Trinajstić information content (AvgIpc) is 2.50. The summed E-state index contributed by atoms with van der Waals surface area (Å²) < 4.78 is 13.8. The SMILES string of the molecule is FCc1ccn2cncc2n1. The normalized spacial score (nSPS) is 10.6. The van der Waals surface area contributed by atoms with Gasteiger partial charge in [0.2, 0.25) is 0 Å². The minimum atomic E-state index is -0.526. The van der Waals surface area contributed by atoms with Gasteiger partial charge in [-0.3, -0.25) is 4.40 Å². The summed E-state index contributed by atoms with van der Waals surface area (Å²) in [5.74, 6) is 0. The second-order valence-electron chi connectivity index (χ2n) is 2.21. The number of hydrogen-bond donors (Lipinski definition) is 0. The van der Waals surface area contributed by atoms with Crippen molar-refractivity contribution >= 4 is 5.65 Å². The number of nitrogens with zero attached hydrogens (tertiary/aromatic N) is 3. The lowest BCUT2D eigenvalue weighted by Crippen LogP contribution is -1.89. The Bertz CT molecular complexity index is 368. The molecule has 0 N–H and O–H groups in total. The molecular weight excluding hydrogens is 145 g/mol. The first-order valence-electron chi connectivity index (χ1n) is 3.24. The lowest BCUT2D eigenvalue weighted by atomic mass is 10.4. The van der Waals surface area contributed by atoms with Crippen LogP contribution in [0.4, 0.5) is 4.39 Å². The largest absolute Gasteiger partial charge is 0.291 e. The fourth-order valence-corrected chi connectivity index (χ4v) is 0.924. The smallest absolute Gasteiger partial charge is 0.156 e. The Balaban J connectivity index is 2.67. The van der Waals surface area contributed by atoms with Gasteiger partial charge in [-0.15, -0.1) is 0 Å². The van der Waals surface area contributed by atoms with Gasteiger partial charge in [-0.2, -0.15) is 0 Å². The Kier molecular flexibility index (Phi) is 1.31. The fraction of sp³-hybridized carbons (Fsp3) is 0.143. The van der Waals surface area contributed by atoms with Crippen LogP contribution in [0.3, 0.4) is 0 Å². The molecule has 0 aliphatic heterocycles. The fourth-order valence-electron chi connectivity index (χ4n) is 0.924. The van der Waals surface area contributed by atoms with E-state index in [0.29, 0.717) is 11.3 Å². The van der Waals surface area contributed by atoms with Gasteiger partial charge >= 0.3 is 0 Å². The first kappa shape index (κ1) is 6.27. The zero-order chi connectivity index (χ0) is 7.68. The van der Waals surface area contributed by atoms with Gasteiger partial charge in [0.1, 0.15) is 13.0 Å². The maximum absolute atomic E-state index is 12.1. The van der Waals surface area contributed by atoms with Crippen LogP contribution in [0, 0.1) is 0 Å². The highest BCUT2D eigenvalue weighted by molar-refractivity contribution is 5.35. The van der Waals surface area contributed by atoms with Crippen molar-refractivity contribution in [2.75, 3.05) is 0 Å². The van der Waals surface area contributed by atoms with Crippen molar-refractivity contribution in [3.8, 4) is 0 Å². The minimum Gasteiger partial charge on any atom is -0.291 e. The molecule has 0 spiro atoms. The predicted octanol–water partition coefficient (Wildman–Crippen LogP) is 1.20. The molecular formula is C7H6FN3. The van der Waals surface area contributed by atoms with Crippen LogP contribution in [0.25, 0.3) is 5.65 Å². The number of aromatic nitrogens is 3. The van der Waals surface area contributed by atoms with Gasteiger partial charge in [-0.25, -0.2) is 14.4 Å². The highest BCUT2D eigenvalue weighted by Crippen LogP contribution is 2.01. The zero-order valence-electron chi connectivity index (χ0n) is 5.74. The van der Waals surface area contributed by atoms with E-state index < -0.39 is 6.67 Å². The van der Waals surface area contributed by atoms with E-state index in [2.05, 4.69) is 9.97 Å². The molecule has 2 rings (SSSR count). The van der Waals surface area contributed by atoms with Crippen molar-refractivity contribution in [3.05, 3.63) is 30.5 Å². The molecule has 0 saturated heterocycles. The highest BCUT2D eigenvalue weighted by atomic mass is 19.1. The average molecular weight is 151 g/mol. The van der Waals surface area contributed by atoms with Crippen LogP contribution in [-0.2, 0) is 6.67 Å². The summed E-state index contributed by atoms with van der Waals surface area (Å²) in [5, 5.41) is 0. The molecule has 2 aromatic heterocycles. The van der Waals surface area contributed by atoms with Crippen LogP contribution in [0.5, 0.6) is 0 Å². The van der Waals surface area contributed by atoms with Gasteiger partial charge in [0, 0.05) is 6.20 Å². The Hall–Kier alpha value is -1.45. The van der Waals surface area contributed by atoms with E-state index in [1.807, 2.05) is 0 Å². The van der Waals surface area contributed by atoms with E-state index >= 15 is 0 Å². The molecule has 3 nitrogen and oxygen atoms in total. The molecule has 2 aromatic rings. The van der Waals surface area contributed by atoms with E-state index in [0.717, 1.165) is 0 Å². The molecule has 0 atom stereocenters. The first-order valence-corrected chi connectivity index (χ1v) is 3.24. The first-order chi connectivity index (χ1) is 5.40. The van der Waals surface area contributed by atoms with Gasteiger partial charge in [0.05, 0.1) is 11.9 Å². The van der Waals surface area contributed by atoms with Gasteiger partial charge in [0.15, 0.2) is 5.65 Å². The number of halogens is 1. The second-order valence-corrected chi connectivity index (χ2v) is 2.21. The number of imidazole rings is 1. The molecule has 56 valence electrons. The Morgan fingerprint density at radius 3 is 3.27 bits per heavy atom. The van der Waals surface area contributed by atoms with Crippen molar-refractivity contribution in [2.24, 2.45) is 0 Å². The Labute approximate surface area is 62.5 Å². The minimum absolute atomic E-state index is 0.443. The summed E-state index contributed by atoms with van der Waals surface area (Å²) in [5.41, 5.74) is 1.12. The molecule has 0 radical (unpaired) electrons. The van der Waals surface area contributed by atoms with E-state index in [-0.39, 0.29) is 0 Å². The predicted molar refractivity (Wildman–Crippen MR) is 37.8 cm³/mol. The Morgan fingerprint density at radius 2 is 2.45 bits per heavy atom. The standard InChI is InChI=1S/C7H6FN3/c8-3-6-1-2-11-5-9-4-7(11)10-6/h1-2,4-5H,3H2. The number of hydrogen-bond acceptors (Lipinski definition) is 2. The highest BCUT2D eigenvalue weighted by Gasteiger charge is 1.95.